The minimum absolute atomic E-state index is 0.202. The van der Waals surface area contributed by atoms with Gasteiger partial charge in [-0.3, -0.25) is 0 Å². The molecule has 0 spiro atoms. The van der Waals surface area contributed by atoms with Crippen LogP contribution in [0.2, 0.25) is 5.02 Å². The van der Waals surface area contributed by atoms with Crippen molar-refractivity contribution in [3.8, 4) is 0 Å². The van der Waals surface area contributed by atoms with Gasteiger partial charge in [0.1, 0.15) is 0 Å². The first kappa shape index (κ1) is 11.5. The van der Waals surface area contributed by atoms with Crippen molar-refractivity contribution in [1.29, 1.82) is 0 Å². The van der Waals surface area contributed by atoms with Crippen LogP contribution in [0.4, 0.5) is 0 Å². The van der Waals surface area contributed by atoms with E-state index in [9.17, 15) is 5.11 Å². The van der Waals surface area contributed by atoms with Crippen molar-refractivity contribution in [1.82, 2.24) is 0 Å². The quantitative estimate of drug-likeness (QED) is 0.812. The third-order valence-corrected chi connectivity index (χ3v) is 3.03. The largest absolute Gasteiger partial charge is 0.393 e. The molecule has 14 heavy (non-hydrogen) atoms. The van der Waals surface area contributed by atoms with Gasteiger partial charge in [0, 0.05) is 5.02 Å². The van der Waals surface area contributed by atoms with Gasteiger partial charge in [-0.15, -0.1) is 0 Å². The number of benzene rings is 1. The van der Waals surface area contributed by atoms with Gasteiger partial charge < -0.3 is 5.11 Å². The molecule has 2 heteroatoms. The molecule has 0 bridgehead atoms. The molecule has 0 radical (unpaired) electrons. The van der Waals surface area contributed by atoms with Crippen molar-refractivity contribution >= 4 is 11.6 Å². The third kappa shape index (κ3) is 3.00. The monoisotopic (exact) mass is 212 g/mol. The second-order valence-corrected chi connectivity index (χ2v) is 4.03. The second-order valence-electron chi connectivity index (χ2n) is 3.65. The van der Waals surface area contributed by atoms with E-state index in [0.29, 0.717) is 0 Å². The van der Waals surface area contributed by atoms with Crippen molar-refractivity contribution in [2.24, 2.45) is 0 Å². The lowest BCUT2D eigenvalue weighted by atomic mass is 10.0. The number of hydrogen-bond acceptors (Lipinski definition) is 1. The Bertz CT molecular complexity index is 296. The van der Waals surface area contributed by atoms with Crippen LogP contribution in [-0.4, -0.2) is 11.2 Å². The van der Waals surface area contributed by atoms with E-state index in [0.717, 1.165) is 35.4 Å². The summed E-state index contributed by atoms with van der Waals surface area (Å²) in [4.78, 5) is 0. The zero-order valence-corrected chi connectivity index (χ0v) is 9.51. The van der Waals surface area contributed by atoms with Gasteiger partial charge in [0.15, 0.2) is 0 Å². The first-order chi connectivity index (χ1) is 6.65. The zero-order valence-electron chi connectivity index (χ0n) is 8.76. The van der Waals surface area contributed by atoms with Gasteiger partial charge in [0.05, 0.1) is 6.10 Å². The topological polar surface area (TPSA) is 20.2 Å². The fourth-order valence-corrected chi connectivity index (χ4v) is 1.65. The first-order valence-corrected chi connectivity index (χ1v) is 5.45. The zero-order chi connectivity index (χ0) is 10.6. The minimum Gasteiger partial charge on any atom is -0.393 e. The molecule has 1 rings (SSSR count). The molecular formula is C12H17ClO. The summed E-state index contributed by atoms with van der Waals surface area (Å²) in [5.41, 5.74) is 2.24. The molecule has 0 fully saturated rings. The van der Waals surface area contributed by atoms with Crippen LogP contribution in [0.5, 0.6) is 0 Å². The highest BCUT2D eigenvalue weighted by atomic mass is 35.5. The van der Waals surface area contributed by atoms with Gasteiger partial charge in [0.25, 0.3) is 0 Å². The van der Waals surface area contributed by atoms with Crippen LogP contribution in [0.3, 0.4) is 0 Å². The average molecular weight is 213 g/mol. The maximum Gasteiger partial charge on any atom is 0.0540 e. The Hall–Kier alpha value is -0.530. The normalized spacial score (nSPS) is 12.9. The molecule has 0 aliphatic heterocycles. The van der Waals surface area contributed by atoms with Crippen LogP contribution in [0.25, 0.3) is 0 Å². The summed E-state index contributed by atoms with van der Waals surface area (Å²) in [5, 5.41) is 10.3. The summed E-state index contributed by atoms with van der Waals surface area (Å²) in [6.45, 7) is 3.99. The lowest BCUT2D eigenvalue weighted by Gasteiger charge is -2.09. The maximum absolute atomic E-state index is 9.44. The van der Waals surface area contributed by atoms with E-state index < -0.39 is 0 Å². The fraction of sp³-hybridized carbons (Fsp3) is 0.500. The molecule has 1 N–H and O–H groups in total. The smallest absolute Gasteiger partial charge is 0.0540 e. The van der Waals surface area contributed by atoms with Crippen LogP contribution < -0.4 is 0 Å². The molecule has 0 heterocycles. The minimum atomic E-state index is -0.202. The predicted molar refractivity (Wildman–Crippen MR) is 60.8 cm³/mol. The van der Waals surface area contributed by atoms with Crippen LogP contribution in [0.15, 0.2) is 18.2 Å². The Morgan fingerprint density at radius 3 is 2.79 bits per heavy atom. The van der Waals surface area contributed by atoms with E-state index in [2.05, 4.69) is 0 Å². The molecular weight excluding hydrogens is 196 g/mol. The number of aliphatic hydroxyl groups excluding tert-OH is 1. The summed E-state index contributed by atoms with van der Waals surface area (Å²) in [5.74, 6) is 0. The highest BCUT2D eigenvalue weighted by Crippen LogP contribution is 2.22. The standard InChI is InChI=1S/C12H17ClO/c1-3-11(14)8-7-10-6-4-5-9(2)12(10)13/h4-6,11,14H,3,7-8H2,1-2H3. The van der Waals surface area contributed by atoms with E-state index in [1.165, 1.54) is 0 Å². The number of halogens is 1. The molecule has 1 nitrogen and oxygen atoms in total. The fourth-order valence-electron chi connectivity index (χ4n) is 1.43. The third-order valence-electron chi connectivity index (χ3n) is 2.49. The highest BCUT2D eigenvalue weighted by Gasteiger charge is 2.05. The second kappa shape index (κ2) is 5.38. The number of hydrogen-bond donors (Lipinski definition) is 1. The van der Waals surface area contributed by atoms with Crippen LogP contribution in [0.1, 0.15) is 30.9 Å². The Kier molecular flexibility index (Phi) is 4.43. The number of rotatable bonds is 4. The SMILES string of the molecule is CCC(O)CCc1cccc(C)c1Cl. The molecule has 0 aliphatic carbocycles. The molecule has 0 aromatic heterocycles. The first-order valence-electron chi connectivity index (χ1n) is 5.07. The van der Waals surface area contributed by atoms with E-state index in [-0.39, 0.29) is 6.10 Å². The Labute approximate surface area is 90.7 Å². The summed E-state index contributed by atoms with van der Waals surface area (Å²) in [7, 11) is 0. The molecule has 1 atom stereocenters. The number of aliphatic hydroxyl groups is 1. The van der Waals surface area contributed by atoms with Crippen LogP contribution in [-0.2, 0) is 6.42 Å². The van der Waals surface area contributed by atoms with Crippen LogP contribution in [0, 0.1) is 6.92 Å². The molecule has 0 saturated heterocycles. The number of aryl methyl sites for hydroxylation is 2. The lowest BCUT2D eigenvalue weighted by molar-refractivity contribution is 0.160. The predicted octanol–water partition coefficient (Wildman–Crippen LogP) is 3.35. The van der Waals surface area contributed by atoms with Gasteiger partial charge in [-0.05, 0) is 37.3 Å². The van der Waals surface area contributed by atoms with E-state index in [1.54, 1.807) is 0 Å². The van der Waals surface area contributed by atoms with Crippen molar-refractivity contribution < 1.29 is 5.11 Å². The van der Waals surface area contributed by atoms with Gasteiger partial charge >= 0.3 is 0 Å². The summed E-state index contributed by atoms with van der Waals surface area (Å²) in [6, 6.07) is 6.04. The summed E-state index contributed by atoms with van der Waals surface area (Å²) < 4.78 is 0. The summed E-state index contributed by atoms with van der Waals surface area (Å²) >= 11 is 6.14. The Balaban J connectivity index is 2.63. The van der Waals surface area contributed by atoms with Gasteiger partial charge in [-0.2, -0.15) is 0 Å². The van der Waals surface area contributed by atoms with Crippen molar-refractivity contribution in [3.05, 3.63) is 34.3 Å². The molecule has 78 valence electrons. The molecule has 0 amide bonds. The summed E-state index contributed by atoms with van der Waals surface area (Å²) in [6.07, 6.45) is 2.25. The Morgan fingerprint density at radius 2 is 2.14 bits per heavy atom. The van der Waals surface area contributed by atoms with Crippen molar-refractivity contribution in [3.63, 3.8) is 0 Å². The van der Waals surface area contributed by atoms with Gasteiger partial charge in [-0.25, -0.2) is 0 Å². The molecule has 0 aliphatic rings. The molecule has 1 unspecified atom stereocenters. The molecule has 0 saturated carbocycles. The maximum atomic E-state index is 9.44. The average Bonchev–Trinajstić information content (AvgIpc) is 2.20. The van der Waals surface area contributed by atoms with Gasteiger partial charge in [0.2, 0.25) is 0 Å². The molecule has 1 aromatic rings. The van der Waals surface area contributed by atoms with E-state index in [1.807, 2.05) is 32.0 Å². The lowest BCUT2D eigenvalue weighted by Crippen LogP contribution is -2.06. The van der Waals surface area contributed by atoms with Crippen molar-refractivity contribution in [2.75, 3.05) is 0 Å². The van der Waals surface area contributed by atoms with Crippen molar-refractivity contribution in [2.45, 2.75) is 39.2 Å². The van der Waals surface area contributed by atoms with Gasteiger partial charge in [-0.1, -0.05) is 36.7 Å². The molecule has 1 aromatic carbocycles. The van der Waals surface area contributed by atoms with Crippen LogP contribution >= 0.6 is 11.6 Å². The Morgan fingerprint density at radius 1 is 1.43 bits per heavy atom. The van der Waals surface area contributed by atoms with E-state index in [4.69, 9.17) is 11.6 Å². The highest BCUT2D eigenvalue weighted by molar-refractivity contribution is 6.32. The van der Waals surface area contributed by atoms with E-state index >= 15 is 0 Å².